The number of hydrogen-bond donors (Lipinski definition) is 2. The van der Waals surface area contributed by atoms with E-state index in [1.165, 1.54) is 6.08 Å². The molecule has 1 aliphatic heterocycles. The van der Waals surface area contributed by atoms with Crippen LogP contribution in [-0.4, -0.2) is 28.4 Å². The second-order valence-electron chi connectivity index (χ2n) is 8.42. The van der Waals surface area contributed by atoms with E-state index >= 15 is 0 Å². The minimum atomic E-state index is -1.12. The fourth-order valence-electron chi connectivity index (χ4n) is 5.49. The molecule has 1 saturated carbocycles. The minimum Gasteiger partial charge on any atom is -0.478 e. The Labute approximate surface area is 148 Å². The van der Waals surface area contributed by atoms with E-state index in [9.17, 15) is 19.8 Å². The number of allylic oxidation sites excluding steroid dienone is 1. The van der Waals surface area contributed by atoms with Gasteiger partial charge in [0.05, 0.1) is 0 Å². The molecule has 0 aromatic rings. The molecule has 0 bridgehead atoms. The SMILES string of the molecule is C[C@H]1CC[C@]2(C)C(C(=O)O)=CCC[C@@H]2[C@@]1(C)CCC1=CC(=O)OC1O. The number of carbonyl (C=O) groups excluding carboxylic acids is 1. The molecular formula is C20H28O5. The van der Waals surface area contributed by atoms with E-state index in [4.69, 9.17) is 4.74 Å². The quantitative estimate of drug-likeness (QED) is 0.761. The van der Waals surface area contributed by atoms with Gasteiger partial charge in [0, 0.05) is 22.6 Å². The normalized spacial score (nSPS) is 40.8. The zero-order valence-electron chi connectivity index (χ0n) is 15.2. The molecular weight excluding hydrogens is 320 g/mol. The molecule has 0 aromatic heterocycles. The molecule has 0 amide bonds. The second kappa shape index (κ2) is 6.27. The number of aliphatic hydroxyl groups excluding tert-OH is 1. The van der Waals surface area contributed by atoms with Crippen molar-refractivity contribution in [2.45, 2.75) is 65.6 Å². The van der Waals surface area contributed by atoms with Crippen molar-refractivity contribution < 1.29 is 24.5 Å². The number of carboxylic acid groups (broad SMARTS) is 1. The van der Waals surface area contributed by atoms with Crippen LogP contribution in [0.5, 0.6) is 0 Å². The maximum absolute atomic E-state index is 11.8. The molecule has 1 fully saturated rings. The highest BCUT2D eigenvalue weighted by atomic mass is 16.6. The van der Waals surface area contributed by atoms with Gasteiger partial charge in [0.2, 0.25) is 6.29 Å². The average Bonchev–Trinajstić information content (AvgIpc) is 2.87. The smallest absolute Gasteiger partial charge is 0.333 e. The lowest BCUT2D eigenvalue weighted by Crippen LogP contribution is -2.51. The third kappa shape index (κ3) is 2.92. The average molecular weight is 348 g/mol. The van der Waals surface area contributed by atoms with Crippen LogP contribution < -0.4 is 0 Å². The number of esters is 1. The van der Waals surface area contributed by atoms with Gasteiger partial charge in [-0.1, -0.05) is 26.8 Å². The fourth-order valence-corrected chi connectivity index (χ4v) is 5.49. The number of fused-ring (bicyclic) bond motifs is 1. The summed E-state index contributed by atoms with van der Waals surface area (Å²) < 4.78 is 4.79. The van der Waals surface area contributed by atoms with Crippen LogP contribution in [0.15, 0.2) is 23.3 Å². The monoisotopic (exact) mass is 348 g/mol. The Morgan fingerprint density at radius 3 is 2.68 bits per heavy atom. The summed E-state index contributed by atoms with van der Waals surface area (Å²) in [5, 5.41) is 19.5. The number of aliphatic hydroxyl groups is 1. The van der Waals surface area contributed by atoms with E-state index in [0.717, 1.165) is 32.1 Å². The van der Waals surface area contributed by atoms with Gasteiger partial charge in [0.1, 0.15) is 0 Å². The van der Waals surface area contributed by atoms with Crippen molar-refractivity contribution >= 4 is 11.9 Å². The zero-order valence-corrected chi connectivity index (χ0v) is 15.2. The van der Waals surface area contributed by atoms with Gasteiger partial charge in [-0.3, -0.25) is 0 Å². The summed E-state index contributed by atoms with van der Waals surface area (Å²) in [4.78, 5) is 23.1. The van der Waals surface area contributed by atoms with Crippen LogP contribution in [0.1, 0.15) is 59.3 Å². The van der Waals surface area contributed by atoms with Crippen molar-refractivity contribution in [1.29, 1.82) is 0 Å². The number of rotatable bonds is 4. The van der Waals surface area contributed by atoms with Crippen molar-refractivity contribution in [1.82, 2.24) is 0 Å². The largest absolute Gasteiger partial charge is 0.478 e. The predicted octanol–water partition coefficient (Wildman–Crippen LogP) is 3.43. The first-order valence-electron chi connectivity index (χ1n) is 9.21. The summed E-state index contributed by atoms with van der Waals surface area (Å²) in [6.45, 7) is 6.62. The highest BCUT2D eigenvalue weighted by Gasteiger charge is 2.55. The molecule has 0 aromatic carbocycles. The Bertz CT molecular complexity index is 648. The van der Waals surface area contributed by atoms with Gasteiger partial charge in [-0.15, -0.1) is 0 Å². The maximum atomic E-state index is 11.8. The fraction of sp³-hybridized carbons (Fsp3) is 0.700. The summed E-state index contributed by atoms with van der Waals surface area (Å²) in [6, 6.07) is 0. The van der Waals surface area contributed by atoms with Crippen LogP contribution in [0.2, 0.25) is 0 Å². The lowest BCUT2D eigenvalue weighted by Gasteiger charge is -2.57. The zero-order chi connectivity index (χ0) is 18.4. The predicted molar refractivity (Wildman–Crippen MR) is 92.5 cm³/mol. The molecule has 5 nitrogen and oxygen atoms in total. The Morgan fingerprint density at radius 1 is 1.36 bits per heavy atom. The van der Waals surface area contributed by atoms with Crippen molar-refractivity contribution in [2.75, 3.05) is 0 Å². The Kier molecular flexibility index (Phi) is 4.56. The maximum Gasteiger partial charge on any atom is 0.333 e. The third-order valence-corrected chi connectivity index (χ3v) is 7.24. The summed E-state index contributed by atoms with van der Waals surface area (Å²) >= 11 is 0. The van der Waals surface area contributed by atoms with Crippen LogP contribution in [0.4, 0.5) is 0 Å². The van der Waals surface area contributed by atoms with E-state index < -0.39 is 18.2 Å². The van der Waals surface area contributed by atoms with Gasteiger partial charge in [0.15, 0.2) is 0 Å². The van der Waals surface area contributed by atoms with E-state index in [1.807, 2.05) is 6.08 Å². The van der Waals surface area contributed by atoms with Crippen LogP contribution in [0.25, 0.3) is 0 Å². The van der Waals surface area contributed by atoms with Gasteiger partial charge in [-0.2, -0.15) is 0 Å². The summed E-state index contributed by atoms with van der Waals surface area (Å²) in [5.74, 6) is -0.523. The minimum absolute atomic E-state index is 0.0336. The van der Waals surface area contributed by atoms with E-state index in [2.05, 4.69) is 20.8 Å². The molecule has 0 saturated heterocycles. The highest BCUT2D eigenvalue weighted by molar-refractivity contribution is 5.88. The lowest BCUT2D eigenvalue weighted by molar-refractivity contribution is -0.151. The van der Waals surface area contributed by atoms with Crippen LogP contribution in [-0.2, 0) is 14.3 Å². The van der Waals surface area contributed by atoms with Crippen molar-refractivity contribution in [3.8, 4) is 0 Å². The molecule has 2 N–H and O–H groups in total. The molecule has 138 valence electrons. The van der Waals surface area contributed by atoms with E-state index in [0.29, 0.717) is 23.5 Å². The highest BCUT2D eigenvalue weighted by Crippen LogP contribution is 2.62. The molecule has 1 unspecified atom stereocenters. The summed E-state index contributed by atoms with van der Waals surface area (Å²) in [6.07, 6.45) is 7.29. The molecule has 3 rings (SSSR count). The van der Waals surface area contributed by atoms with Crippen LogP contribution in [0.3, 0.4) is 0 Å². The molecule has 25 heavy (non-hydrogen) atoms. The van der Waals surface area contributed by atoms with Gasteiger partial charge < -0.3 is 14.9 Å². The van der Waals surface area contributed by atoms with E-state index in [1.54, 1.807) is 0 Å². The van der Waals surface area contributed by atoms with Crippen LogP contribution >= 0.6 is 0 Å². The van der Waals surface area contributed by atoms with Crippen LogP contribution in [0, 0.1) is 22.7 Å². The van der Waals surface area contributed by atoms with E-state index in [-0.39, 0.29) is 16.7 Å². The standard InChI is InChI=1S/C20H28O5/c1-12-7-9-20(3)14(17(22)23)5-4-6-15(20)19(12,2)10-8-13-11-16(21)25-18(13)24/h5,11-12,15,18,24H,4,6-10H2,1-3H3,(H,22,23)/t12-,15+,18?,19-,20+/m0/s1. The van der Waals surface area contributed by atoms with Gasteiger partial charge in [-0.25, -0.2) is 9.59 Å². The van der Waals surface area contributed by atoms with Crippen molar-refractivity contribution in [3.63, 3.8) is 0 Å². The molecule has 0 spiro atoms. The first kappa shape index (κ1) is 18.2. The Balaban J connectivity index is 1.86. The molecule has 5 atom stereocenters. The topological polar surface area (TPSA) is 83.8 Å². The first-order chi connectivity index (χ1) is 11.7. The number of hydrogen-bond acceptors (Lipinski definition) is 4. The number of aliphatic carboxylic acids is 1. The first-order valence-corrected chi connectivity index (χ1v) is 9.21. The molecule has 2 aliphatic carbocycles. The number of cyclic esters (lactones) is 1. The Hall–Kier alpha value is -1.62. The third-order valence-electron chi connectivity index (χ3n) is 7.24. The van der Waals surface area contributed by atoms with Gasteiger partial charge in [-0.05, 0) is 55.8 Å². The number of ether oxygens (including phenoxy) is 1. The second-order valence-corrected chi connectivity index (χ2v) is 8.42. The molecule has 1 heterocycles. The molecule has 0 radical (unpaired) electrons. The Morgan fingerprint density at radius 2 is 2.08 bits per heavy atom. The van der Waals surface area contributed by atoms with Gasteiger partial charge >= 0.3 is 11.9 Å². The number of carbonyl (C=O) groups is 2. The van der Waals surface area contributed by atoms with Crippen molar-refractivity contribution in [3.05, 3.63) is 23.3 Å². The lowest BCUT2D eigenvalue weighted by atomic mass is 9.46. The summed E-state index contributed by atoms with van der Waals surface area (Å²) in [7, 11) is 0. The van der Waals surface area contributed by atoms with Gasteiger partial charge in [0.25, 0.3) is 0 Å². The molecule has 5 heteroatoms. The number of carboxylic acids is 1. The molecule has 3 aliphatic rings. The summed E-state index contributed by atoms with van der Waals surface area (Å²) in [5.41, 5.74) is 0.866. The van der Waals surface area contributed by atoms with Crippen molar-refractivity contribution in [2.24, 2.45) is 22.7 Å².